The van der Waals surface area contributed by atoms with Gasteiger partial charge in [-0.25, -0.2) is 4.79 Å². The largest absolute Gasteiger partial charge is 0.478 e. The molecular weight excluding hydrogens is 264 g/mol. The van der Waals surface area contributed by atoms with Crippen LogP contribution in [-0.4, -0.2) is 16.1 Å². The minimum absolute atomic E-state index is 0.269. The van der Waals surface area contributed by atoms with Crippen LogP contribution in [0.25, 0.3) is 10.9 Å². The Morgan fingerprint density at radius 3 is 2.81 bits per heavy atom. The molecule has 0 atom stereocenters. The number of rotatable bonds is 3. The molecule has 0 amide bonds. The molecule has 0 aliphatic carbocycles. The maximum absolute atomic E-state index is 11.1. The second-order valence-electron chi connectivity index (χ2n) is 4.87. The van der Waals surface area contributed by atoms with Crippen molar-refractivity contribution in [3.8, 4) is 0 Å². The summed E-state index contributed by atoms with van der Waals surface area (Å²) in [5.41, 5.74) is 3.88. The number of hydrogen-bond acceptors (Lipinski definition) is 3. The van der Waals surface area contributed by atoms with Gasteiger partial charge in [0.15, 0.2) is 0 Å². The van der Waals surface area contributed by atoms with E-state index in [9.17, 15) is 4.79 Å². The second kappa shape index (κ2) is 5.25. The number of aromatic carboxylic acids is 1. The molecule has 0 saturated heterocycles. The highest BCUT2D eigenvalue weighted by Crippen LogP contribution is 2.24. The molecule has 0 aliphatic heterocycles. The van der Waals surface area contributed by atoms with Gasteiger partial charge in [0.25, 0.3) is 0 Å². The van der Waals surface area contributed by atoms with Crippen molar-refractivity contribution in [3.63, 3.8) is 0 Å². The van der Waals surface area contributed by atoms with Crippen molar-refractivity contribution < 1.29 is 9.90 Å². The molecule has 0 unspecified atom stereocenters. The Bertz CT molecular complexity index is 828. The van der Waals surface area contributed by atoms with Crippen molar-refractivity contribution in [1.29, 1.82) is 0 Å². The van der Waals surface area contributed by atoms with Crippen LogP contribution >= 0.6 is 0 Å². The number of aromatic nitrogens is 1. The summed E-state index contributed by atoms with van der Waals surface area (Å²) >= 11 is 0. The Hall–Kier alpha value is -2.88. The van der Waals surface area contributed by atoms with E-state index in [0.29, 0.717) is 0 Å². The van der Waals surface area contributed by atoms with E-state index in [1.165, 1.54) is 0 Å². The van der Waals surface area contributed by atoms with Crippen LogP contribution in [0.5, 0.6) is 0 Å². The van der Waals surface area contributed by atoms with Crippen LogP contribution < -0.4 is 5.32 Å². The summed E-state index contributed by atoms with van der Waals surface area (Å²) in [5, 5.41) is 13.4. The zero-order valence-corrected chi connectivity index (χ0v) is 11.5. The predicted octanol–water partition coefficient (Wildman–Crippen LogP) is 3.99. The van der Waals surface area contributed by atoms with Gasteiger partial charge in [-0.1, -0.05) is 12.1 Å². The Labute approximate surface area is 122 Å². The Morgan fingerprint density at radius 1 is 1.14 bits per heavy atom. The number of fused-ring (bicyclic) bond motifs is 1. The molecule has 0 fully saturated rings. The number of carboxylic acid groups (broad SMARTS) is 1. The van der Waals surface area contributed by atoms with Crippen LogP contribution in [-0.2, 0) is 0 Å². The monoisotopic (exact) mass is 278 g/mol. The van der Waals surface area contributed by atoms with E-state index in [1.807, 2.05) is 37.3 Å². The van der Waals surface area contributed by atoms with Crippen LogP contribution in [0.2, 0.25) is 0 Å². The van der Waals surface area contributed by atoms with Crippen LogP contribution in [0.4, 0.5) is 11.4 Å². The number of nitrogens with one attached hydrogen (secondary N) is 1. The van der Waals surface area contributed by atoms with Gasteiger partial charge in [-0.05, 0) is 48.9 Å². The molecule has 4 nitrogen and oxygen atoms in total. The van der Waals surface area contributed by atoms with E-state index in [-0.39, 0.29) is 5.56 Å². The highest BCUT2D eigenvalue weighted by molar-refractivity contribution is 5.90. The topological polar surface area (TPSA) is 62.2 Å². The van der Waals surface area contributed by atoms with Crippen LogP contribution in [0.3, 0.4) is 0 Å². The SMILES string of the molecule is Cc1ccc(C(=O)O)cc1Nc1ccc2ncccc2c1. The average molecular weight is 278 g/mol. The number of hydrogen-bond donors (Lipinski definition) is 2. The van der Waals surface area contributed by atoms with Gasteiger partial charge >= 0.3 is 5.97 Å². The number of anilines is 2. The third-order valence-corrected chi connectivity index (χ3v) is 3.37. The van der Waals surface area contributed by atoms with Gasteiger partial charge in [0.05, 0.1) is 11.1 Å². The molecule has 2 aromatic carbocycles. The summed E-state index contributed by atoms with van der Waals surface area (Å²) in [6.45, 7) is 1.94. The lowest BCUT2D eigenvalue weighted by molar-refractivity contribution is 0.0697. The molecule has 0 spiro atoms. The summed E-state index contributed by atoms with van der Waals surface area (Å²) in [6.07, 6.45) is 1.76. The fraction of sp³-hybridized carbons (Fsp3) is 0.0588. The number of carboxylic acids is 1. The number of nitrogens with zero attached hydrogens (tertiary/aromatic N) is 1. The van der Waals surface area contributed by atoms with Gasteiger partial charge in [-0.15, -0.1) is 0 Å². The molecule has 0 saturated carbocycles. The highest BCUT2D eigenvalue weighted by atomic mass is 16.4. The van der Waals surface area contributed by atoms with E-state index in [0.717, 1.165) is 27.8 Å². The zero-order valence-electron chi connectivity index (χ0n) is 11.5. The minimum Gasteiger partial charge on any atom is -0.478 e. The minimum atomic E-state index is -0.930. The first kappa shape index (κ1) is 13.1. The molecule has 4 heteroatoms. The number of aryl methyl sites for hydroxylation is 1. The highest BCUT2D eigenvalue weighted by Gasteiger charge is 2.06. The Kier molecular flexibility index (Phi) is 3.28. The lowest BCUT2D eigenvalue weighted by Crippen LogP contribution is -2.00. The summed E-state index contributed by atoms with van der Waals surface area (Å²) in [5.74, 6) is -0.930. The number of benzene rings is 2. The zero-order chi connectivity index (χ0) is 14.8. The van der Waals surface area contributed by atoms with Gasteiger partial charge in [-0.2, -0.15) is 0 Å². The van der Waals surface area contributed by atoms with Crippen molar-refractivity contribution in [3.05, 3.63) is 65.9 Å². The maximum Gasteiger partial charge on any atom is 0.335 e. The first-order valence-corrected chi connectivity index (χ1v) is 6.59. The van der Waals surface area contributed by atoms with Crippen molar-refractivity contribution in [2.45, 2.75) is 6.92 Å². The van der Waals surface area contributed by atoms with E-state index >= 15 is 0 Å². The van der Waals surface area contributed by atoms with Crippen LogP contribution in [0.1, 0.15) is 15.9 Å². The maximum atomic E-state index is 11.1. The lowest BCUT2D eigenvalue weighted by atomic mass is 10.1. The van der Waals surface area contributed by atoms with Gasteiger partial charge in [-0.3, -0.25) is 4.98 Å². The molecule has 3 aromatic rings. The Balaban J connectivity index is 1.98. The Morgan fingerprint density at radius 2 is 2.00 bits per heavy atom. The van der Waals surface area contributed by atoms with E-state index in [2.05, 4.69) is 10.3 Å². The molecule has 1 aromatic heterocycles. The van der Waals surface area contributed by atoms with Crippen molar-refractivity contribution in [1.82, 2.24) is 4.98 Å². The van der Waals surface area contributed by atoms with E-state index in [4.69, 9.17) is 5.11 Å². The molecule has 0 bridgehead atoms. The fourth-order valence-electron chi connectivity index (χ4n) is 2.20. The normalized spacial score (nSPS) is 10.5. The number of pyridine rings is 1. The standard InChI is InChI=1S/C17H14N2O2/c1-11-4-5-13(17(20)21)10-16(11)19-14-6-7-15-12(9-14)3-2-8-18-15/h2-10,19H,1H3,(H,20,21). The predicted molar refractivity (Wildman–Crippen MR) is 83.2 cm³/mol. The summed E-state index contributed by atoms with van der Waals surface area (Å²) in [6, 6.07) is 14.8. The summed E-state index contributed by atoms with van der Waals surface area (Å²) in [7, 11) is 0. The quantitative estimate of drug-likeness (QED) is 0.760. The summed E-state index contributed by atoms with van der Waals surface area (Å²) in [4.78, 5) is 15.3. The van der Waals surface area contributed by atoms with Gasteiger partial charge in [0, 0.05) is 23.0 Å². The van der Waals surface area contributed by atoms with E-state index < -0.39 is 5.97 Å². The first-order valence-electron chi connectivity index (χ1n) is 6.59. The van der Waals surface area contributed by atoms with Gasteiger partial charge in [0.1, 0.15) is 0 Å². The third-order valence-electron chi connectivity index (χ3n) is 3.37. The van der Waals surface area contributed by atoms with E-state index in [1.54, 1.807) is 24.4 Å². The lowest BCUT2D eigenvalue weighted by Gasteiger charge is -2.11. The molecule has 3 rings (SSSR count). The van der Waals surface area contributed by atoms with Crippen molar-refractivity contribution >= 4 is 28.2 Å². The molecule has 0 radical (unpaired) electrons. The van der Waals surface area contributed by atoms with Crippen LogP contribution in [0.15, 0.2) is 54.7 Å². The first-order chi connectivity index (χ1) is 10.1. The molecule has 2 N–H and O–H groups in total. The van der Waals surface area contributed by atoms with Gasteiger partial charge in [0.2, 0.25) is 0 Å². The molecular formula is C17H14N2O2. The summed E-state index contributed by atoms with van der Waals surface area (Å²) < 4.78 is 0. The molecule has 21 heavy (non-hydrogen) atoms. The van der Waals surface area contributed by atoms with Crippen LogP contribution in [0, 0.1) is 6.92 Å². The molecule has 0 aliphatic rings. The third kappa shape index (κ3) is 2.69. The van der Waals surface area contributed by atoms with Crippen molar-refractivity contribution in [2.75, 3.05) is 5.32 Å². The molecule has 104 valence electrons. The second-order valence-corrected chi connectivity index (χ2v) is 4.87. The van der Waals surface area contributed by atoms with Crippen molar-refractivity contribution in [2.24, 2.45) is 0 Å². The molecule has 1 heterocycles. The smallest absolute Gasteiger partial charge is 0.335 e. The van der Waals surface area contributed by atoms with Gasteiger partial charge < -0.3 is 10.4 Å². The average Bonchev–Trinajstić information content (AvgIpc) is 2.49. The fourth-order valence-corrected chi connectivity index (χ4v) is 2.20. The number of carbonyl (C=O) groups is 1.